The Balaban J connectivity index is 1.87. The second-order valence-electron chi connectivity index (χ2n) is 5.37. The molecule has 0 fully saturated rings. The molecule has 2 aliphatic rings. The molecule has 0 radical (unpaired) electrons. The molecule has 1 aromatic heterocycles. The number of aliphatic imine (C=N–C) groups is 1. The van der Waals surface area contributed by atoms with Crippen LogP contribution in [-0.4, -0.2) is 27.6 Å². The van der Waals surface area contributed by atoms with Gasteiger partial charge in [-0.05, 0) is 44.5 Å². The Morgan fingerprint density at radius 1 is 1.48 bits per heavy atom. The molecule has 3 heterocycles. The van der Waals surface area contributed by atoms with Crippen LogP contribution in [0.4, 0.5) is 0 Å². The second-order valence-corrected chi connectivity index (χ2v) is 5.73. The van der Waals surface area contributed by atoms with Crippen molar-refractivity contribution in [2.24, 2.45) is 4.99 Å². The molecule has 2 aliphatic heterocycles. The van der Waals surface area contributed by atoms with Gasteiger partial charge in [0.1, 0.15) is 23.2 Å². The van der Waals surface area contributed by atoms with Crippen LogP contribution in [0.1, 0.15) is 25.7 Å². The zero-order valence-electron chi connectivity index (χ0n) is 12.3. The molecule has 0 aliphatic carbocycles. The first-order valence-electron chi connectivity index (χ1n) is 7.01. The van der Waals surface area contributed by atoms with Crippen LogP contribution in [0.25, 0.3) is 12.3 Å². The molecule has 0 spiro atoms. The van der Waals surface area contributed by atoms with E-state index in [9.17, 15) is 0 Å². The van der Waals surface area contributed by atoms with Crippen LogP contribution in [0.3, 0.4) is 0 Å². The van der Waals surface area contributed by atoms with Gasteiger partial charge in [-0.2, -0.15) is 0 Å². The third-order valence-electron chi connectivity index (χ3n) is 3.47. The van der Waals surface area contributed by atoms with E-state index >= 15 is 0 Å². The van der Waals surface area contributed by atoms with Crippen LogP contribution in [-0.2, 0) is 0 Å². The predicted molar refractivity (Wildman–Crippen MR) is 85.0 cm³/mol. The highest BCUT2D eigenvalue weighted by Crippen LogP contribution is 2.03. The topological polar surface area (TPSA) is 66.3 Å². The van der Waals surface area contributed by atoms with Gasteiger partial charge in [0.05, 0.1) is 11.9 Å². The molecule has 1 aromatic rings. The van der Waals surface area contributed by atoms with Crippen LogP contribution in [0.15, 0.2) is 16.9 Å². The summed E-state index contributed by atoms with van der Waals surface area (Å²) in [4.78, 5) is 8.63. The number of fused-ring (bicyclic) bond motifs is 1. The summed E-state index contributed by atoms with van der Waals surface area (Å²) in [6.45, 7) is 6.94. The normalized spacial score (nSPS) is 20.3. The molecule has 1 atom stereocenters. The number of hydrogen-bond acceptors (Lipinski definition) is 5. The fourth-order valence-electron chi connectivity index (χ4n) is 2.65. The fourth-order valence-corrected chi connectivity index (χ4v) is 2.82. The number of aryl methyl sites for hydroxylation is 1. The average Bonchev–Trinajstić information content (AvgIpc) is 2.74. The van der Waals surface area contributed by atoms with E-state index in [0.717, 1.165) is 22.3 Å². The maximum atomic E-state index is 5.89. The van der Waals surface area contributed by atoms with Gasteiger partial charge in [0.2, 0.25) is 0 Å². The summed E-state index contributed by atoms with van der Waals surface area (Å²) in [6, 6.07) is 0.373. The molecule has 0 amide bonds. The molecule has 112 valence electrons. The van der Waals surface area contributed by atoms with Crippen LogP contribution in [0.2, 0.25) is 0 Å². The van der Waals surface area contributed by atoms with Gasteiger partial charge in [0, 0.05) is 12.2 Å². The molecule has 3 rings (SSSR count). The number of amidine groups is 1. The Morgan fingerprint density at radius 2 is 2.29 bits per heavy atom. The van der Waals surface area contributed by atoms with Crippen molar-refractivity contribution in [1.82, 2.24) is 25.5 Å². The van der Waals surface area contributed by atoms with Crippen LogP contribution >= 0.6 is 11.6 Å². The van der Waals surface area contributed by atoms with Crippen molar-refractivity contribution in [3.8, 4) is 0 Å². The second kappa shape index (κ2) is 5.44. The molecular weight excluding hydrogens is 288 g/mol. The lowest BCUT2D eigenvalue weighted by Gasteiger charge is -2.23. The number of aromatic nitrogens is 2. The summed E-state index contributed by atoms with van der Waals surface area (Å²) < 4.78 is 2.23. The quantitative estimate of drug-likeness (QED) is 0.680. The summed E-state index contributed by atoms with van der Waals surface area (Å²) in [7, 11) is 0. The highest BCUT2D eigenvalue weighted by molar-refractivity contribution is 6.64. The van der Waals surface area contributed by atoms with Gasteiger partial charge in [-0.25, -0.2) is 4.98 Å². The van der Waals surface area contributed by atoms with E-state index in [2.05, 4.69) is 50.4 Å². The zero-order valence-corrected chi connectivity index (χ0v) is 13.1. The van der Waals surface area contributed by atoms with Crippen molar-refractivity contribution >= 4 is 29.2 Å². The van der Waals surface area contributed by atoms with Crippen molar-refractivity contribution in [3.63, 3.8) is 0 Å². The molecule has 7 heteroatoms. The molecule has 21 heavy (non-hydrogen) atoms. The van der Waals surface area contributed by atoms with Gasteiger partial charge in [-0.15, -0.1) is 0 Å². The maximum absolute atomic E-state index is 5.89. The first kappa shape index (κ1) is 14.0. The number of nitrogens with zero attached hydrogens (tertiary/aromatic N) is 3. The van der Waals surface area contributed by atoms with Crippen LogP contribution in [0.5, 0.6) is 0 Å². The molecule has 6 nitrogen and oxygen atoms in total. The highest BCUT2D eigenvalue weighted by Gasteiger charge is 2.15. The highest BCUT2D eigenvalue weighted by atomic mass is 35.5. The fraction of sp³-hybridized carbons (Fsp3) is 0.429. The first-order chi connectivity index (χ1) is 10.0. The van der Waals surface area contributed by atoms with E-state index in [4.69, 9.17) is 11.6 Å². The number of nitrogens with one attached hydrogen (secondary N) is 3. The summed E-state index contributed by atoms with van der Waals surface area (Å²) >= 11 is 5.89. The van der Waals surface area contributed by atoms with Crippen LogP contribution in [0, 0.1) is 6.92 Å². The van der Waals surface area contributed by atoms with E-state index in [1.54, 1.807) is 0 Å². The largest absolute Gasteiger partial charge is 0.366 e. The van der Waals surface area contributed by atoms with Crippen molar-refractivity contribution < 1.29 is 0 Å². The van der Waals surface area contributed by atoms with E-state index in [-0.39, 0.29) is 6.17 Å². The third-order valence-corrected chi connectivity index (χ3v) is 3.68. The molecule has 0 saturated carbocycles. The Labute approximate surface area is 128 Å². The van der Waals surface area contributed by atoms with E-state index in [1.807, 2.05) is 19.2 Å². The van der Waals surface area contributed by atoms with Crippen LogP contribution < -0.4 is 26.6 Å². The van der Waals surface area contributed by atoms with Gasteiger partial charge in [-0.3, -0.25) is 4.99 Å². The summed E-state index contributed by atoms with van der Waals surface area (Å²) in [5.41, 5.74) is 0. The minimum absolute atomic E-state index is 0.0209. The average molecular weight is 307 g/mol. The third kappa shape index (κ3) is 2.76. The van der Waals surface area contributed by atoms with Crippen molar-refractivity contribution in [2.75, 3.05) is 6.54 Å². The van der Waals surface area contributed by atoms with E-state index in [1.165, 1.54) is 0 Å². The summed E-state index contributed by atoms with van der Waals surface area (Å²) in [6.07, 6.45) is 6.02. The van der Waals surface area contributed by atoms with Gasteiger partial charge in [0.25, 0.3) is 0 Å². The minimum atomic E-state index is -0.0209. The predicted octanol–water partition coefficient (Wildman–Crippen LogP) is -0.151. The SMILES string of the molecule is Cc1nc2c(n1C(C)C)=CC(NC1=CCN=C(Cl)N1)NC=2. The Kier molecular flexibility index (Phi) is 3.63. The maximum Gasteiger partial charge on any atom is 0.197 e. The van der Waals surface area contributed by atoms with Gasteiger partial charge in [0.15, 0.2) is 5.29 Å². The van der Waals surface area contributed by atoms with Crippen molar-refractivity contribution in [3.05, 3.63) is 28.4 Å². The van der Waals surface area contributed by atoms with Crippen molar-refractivity contribution in [1.29, 1.82) is 0 Å². The van der Waals surface area contributed by atoms with E-state index in [0.29, 0.717) is 17.9 Å². The van der Waals surface area contributed by atoms with Gasteiger partial charge < -0.3 is 20.5 Å². The lowest BCUT2D eigenvalue weighted by atomic mass is 10.3. The number of halogens is 1. The zero-order chi connectivity index (χ0) is 15.0. The molecule has 1 unspecified atom stereocenters. The standard InChI is InChI=1S/C14H19ClN6/c1-8(2)21-9(3)18-10-7-17-13(6-11(10)21)19-12-4-5-16-14(15)20-12/h4,6-8,13,17,19H,5H2,1-3H3,(H,16,20). The smallest absolute Gasteiger partial charge is 0.197 e. The Hall–Kier alpha value is -1.95. The molecule has 3 N–H and O–H groups in total. The summed E-state index contributed by atoms with van der Waals surface area (Å²) in [5.74, 6) is 1.88. The molecule has 0 bridgehead atoms. The molecule has 0 aromatic carbocycles. The van der Waals surface area contributed by atoms with Gasteiger partial charge in [-0.1, -0.05) is 0 Å². The van der Waals surface area contributed by atoms with Crippen molar-refractivity contribution in [2.45, 2.75) is 33.0 Å². The van der Waals surface area contributed by atoms with E-state index < -0.39 is 0 Å². The minimum Gasteiger partial charge on any atom is -0.366 e. The Bertz CT molecular complexity index is 727. The Morgan fingerprint density at radius 3 is 3.00 bits per heavy atom. The lowest BCUT2D eigenvalue weighted by Crippen LogP contribution is -2.49. The monoisotopic (exact) mass is 306 g/mol. The number of hydrogen-bond donors (Lipinski definition) is 3. The molecule has 0 saturated heterocycles. The summed E-state index contributed by atoms with van der Waals surface area (Å²) in [5, 5.41) is 12.2. The van der Waals surface area contributed by atoms with Gasteiger partial charge >= 0.3 is 0 Å². The number of imidazole rings is 1. The molecular formula is C14H19ClN6. The first-order valence-corrected chi connectivity index (χ1v) is 7.39. The lowest BCUT2D eigenvalue weighted by molar-refractivity contribution is 0.561. The number of rotatable bonds is 3.